The van der Waals surface area contributed by atoms with Gasteiger partial charge in [-0.15, -0.1) is 0 Å². The molecule has 0 saturated heterocycles. The largest absolute Gasteiger partial charge is 0.391 e. The van der Waals surface area contributed by atoms with Crippen molar-refractivity contribution in [3.8, 4) is 0 Å². The summed E-state index contributed by atoms with van der Waals surface area (Å²) in [5.41, 5.74) is 5.27. The van der Waals surface area contributed by atoms with Crippen LogP contribution in [0.25, 0.3) is 0 Å². The van der Waals surface area contributed by atoms with E-state index in [2.05, 4.69) is 5.32 Å². The summed E-state index contributed by atoms with van der Waals surface area (Å²) in [6.45, 7) is 7.36. The summed E-state index contributed by atoms with van der Waals surface area (Å²) in [5.74, 6) is -0.0912. The molecule has 1 amide bonds. The van der Waals surface area contributed by atoms with E-state index >= 15 is 0 Å². The lowest BCUT2D eigenvalue weighted by Crippen LogP contribution is -2.56. The molecule has 0 atom stereocenters. The lowest BCUT2D eigenvalue weighted by molar-refractivity contribution is -0.126. The molecule has 0 unspecified atom stereocenters. The zero-order valence-electron chi connectivity index (χ0n) is 11.3. The highest BCUT2D eigenvalue weighted by atomic mass is 32.1. The molecule has 3 N–H and O–H groups in total. The Kier molecular flexibility index (Phi) is 4.12. The van der Waals surface area contributed by atoms with Crippen molar-refractivity contribution in [2.45, 2.75) is 38.6 Å². The number of nitrogens with one attached hydrogen (secondary N) is 1. The van der Waals surface area contributed by atoms with Crippen molar-refractivity contribution in [3.63, 3.8) is 0 Å². The number of carbonyl (C=O) groups is 1. The molecule has 98 valence electrons. The molecule has 18 heavy (non-hydrogen) atoms. The van der Waals surface area contributed by atoms with Gasteiger partial charge in [0.1, 0.15) is 0 Å². The van der Waals surface area contributed by atoms with Gasteiger partial charge in [-0.25, -0.2) is 0 Å². The average molecular weight is 264 g/mol. The first kappa shape index (κ1) is 14.6. The quantitative estimate of drug-likeness (QED) is 0.819. The molecule has 3 nitrogen and oxygen atoms in total. The van der Waals surface area contributed by atoms with Crippen molar-refractivity contribution < 1.29 is 4.79 Å². The predicted octanol–water partition coefficient (Wildman–Crippen LogP) is 2.15. The summed E-state index contributed by atoms with van der Waals surface area (Å²) in [5, 5.41) is 2.89. The molecule has 1 rings (SSSR count). The fourth-order valence-corrected chi connectivity index (χ4v) is 1.54. The average Bonchev–Trinajstić information content (AvgIpc) is 2.29. The van der Waals surface area contributed by atoms with Gasteiger partial charge in [0.2, 0.25) is 5.91 Å². The Bertz CT molecular complexity index is 452. The van der Waals surface area contributed by atoms with Crippen LogP contribution in [-0.4, -0.2) is 16.4 Å². The number of rotatable bonds is 4. The van der Waals surface area contributed by atoms with Gasteiger partial charge >= 0.3 is 0 Å². The highest BCUT2D eigenvalue weighted by molar-refractivity contribution is 7.80. The number of hydrogen-bond acceptors (Lipinski definition) is 2. The van der Waals surface area contributed by atoms with Crippen LogP contribution in [0.3, 0.4) is 0 Å². The Morgan fingerprint density at radius 2 is 1.67 bits per heavy atom. The third-order valence-electron chi connectivity index (χ3n) is 3.11. The second kappa shape index (κ2) is 5.06. The highest BCUT2D eigenvalue weighted by Crippen LogP contribution is 2.24. The van der Waals surface area contributed by atoms with Crippen LogP contribution >= 0.6 is 12.2 Å². The summed E-state index contributed by atoms with van der Waals surface area (Å²) in [4.78, 5) is 12.6. The SMILES string of the molecule is CC(C)(NC(=O)C(C)(C)c1ccccc1)C(N)=S. The van der Waals surface area contributed by atoms with Crippen LogP contribution in [0.1, 0.15) is 33.3 Å². The number of hydrogen-bond donors (Lipinski definition) is 2. The van der Waals surface area contributed by atoms with E-state index in [1.54, 1.807) is 13.8 Å². The van der Waals surface area contributed by atoms with Crippen LogP contribution in [0.15, 0.2) is 30.3 Å². The van der Waals surface area contributed by atoms with Crippen molar-refractivity contribution in [1.29, 1.82) is 0 Å². The summed E-state index contributed by atoms with van der Waals surface area (Å²) < 4.78 is 0. The molecule has 0 heterocycles. The van der Waals surface area contributed by atoms with Gasteiger partial charge in [0.05, 0.1) is 15.9 Å². The van der Waals surface area contributed by atoms with Crippen molar-refractivity contribution in [1.82, 2.24) is 5.32 Å². The normalized spacial score (nSPS) is 12.0. The third-order valence-corrected chi connectivity index (χ3v) is 3.62. The van der Waals surface area contributed by atoms with Gasteiger partial charge in [-0.05, 0) is 33.3 Å². The molecule has 4 heteroatoms. The second-order valence-electron chi connectivity index (χ2n) is 5.43. The minimum atomic E-state index is -0.682. The summed E-state index contributed by atoms with van der Waals surface area (Å²) >= 11 is 4.95. The molecular formula is C14H20N2OS. The Morgan fingerprint density at radius 1 is 1.17 bits per heavy atom. The minimum Gasteiger partial charge on any atom is -0.391 e. The van der Waals surface area contributed by atoms with E-state index in [0.29, 0.717) is 0 Å². The van der Waals surface area contributed by atoms with E-state index in [9.17, 15) is 4.79 Å². The molecule has 0 spiro atoms. The molecule has 0 aliphatic rings. The smallest absolute Gasteiger partial charge is 0.230 e. The Labute approximate surface area is 114 Å². The van der Waals surface area contributed by atoms with Gasteiger partial charge in [-0.1, -0.05) is 42.5 Å². The van der Waals surface area contributed by atoms with Crippen molar-refractivity contribution in [2.24, 2.45) is 5.73 Å². The lowest BCUT2D eigenvalue weighted by Gasteiger charge is -2.31. The van der Waals surface area contributed by atoms with E-state index in [1.807, 2.05) is 44.2 Å². The molecule has 0 bridgehead atoms. The fourth-order valence-electron chi connectivity index (χ4n) is 1.49. The summed E-state index contributed by atoms with van der Waals surface area (Å²) in [6.07, 6.45) is 0. The monoisotopic (exact) mass is 264 g/mol. The van der Waals surface area contributed by atoms with Gasteiger partial charge < -0.3 is 11.1 Å². The van der Waals surface area contributed by atoms with Crippen LogP contribution < -0.4 is 11.1 Å². The summed E-state index contributed by atoms with van der Waals surface area (Å²) in [7, 11) is 0. The number of thiocarbonyl (C=S) groups is 1. The van der Waals surface area contributed by atoms with Gasteiger partial charge in [0.15, 0.2) is 0 Å². The van der Waals surface area contributed by atoms with E-state index in [-0.39, 0.29) is 10.9 Å². The Hall–Kier alpha value is -1.42. The summed E-state index contributed by atoms with van der Waals surface area (Å²) in [6, 6.07) is 9.64. The second-order valence-corrected chi connectivity index (χ2v) is 5.87. The van der Waals surface area contributed by atoms with Crippen LogP contribution in [0.4, 0.5) is 0 Å². The standard InChI is InChI=1S/C14H20N2OS/c1-13(2,10-8-6-5-7-9-10)12(17)16-14(3,4)11(15)18/h5-9H,1-4H3,(H2,15,18)(H,16,17). The zero-order chi connectivity index (χ0) is 14.0. The van der Waals surface area contributed by atoms with Crippen LogP contribution in [0, 0.1) is 0 Å². The first-order valence-corrected chi connectivity index (χ1v) is 6.27. The van der Waals surface area contributed by atoms with Gasteiger partial charge in [-0.2, -0.15) is 0 Å². The highest BCUT2D eigenvalue weighted by Gasteiger charge is 2.34. The number of carbonyl (C=O) groups excluding carboxylic acids is 1. The van der Waals surface area contributed by atoms with E-state index < -0.39 is 11.0 Å². The molecule has 1 aromatic rings. The first-order valence-electron chi connectivity index (χ1n) is 5.86. The van der Waals surface area contributed by atoms with E-state index in [1.165, 1.54) is 0 Å². The maximum absolute atomic E-state index is 12.4. The fraction of sp³-hybridized carbons (Fsp3) is 0.429. The zero-order valence-corrected chi connectivity index (χ0v) is 12.1. The maximum atomic E-state index is 12.4. The van der Waals surface area contributed by atoms with E-state index in [0.717, 1.165) is 5.56 Å². The topological polar surface area (TPSA) is 55.1 Å². The first-order chi connectivity index (χ1) is 8.18. The van der Waals surface area contributed by atoms with Gasteiger partial charge in [0, 0.05) is 0 Å². The molecule has 1 aromatic carbocycles. The predicted molar refractivity (Wildman–Crippen MR) is 78.5 cm³/mol. The molecule has 0 aliphatic heterocycles. The van der Waals surface area contributed by atoms with Gasteiger partial charge in [0.25, 0.3) is 0 Å². The van der Waals surface area contributed by atoms with Crippen molar-refractivity contribution in [3.05, 3.63) is 35.9 Å². The van der Waals surface area contributed by atoms with Crippen molar-refractivity contribution in [2.75, 3.05) is 0 Å². The number of nitrogens with two attached hydrogens (primary N) is 1. The van der Waals surface area contributed by atoms with E-state index in [4.69, 9.17) is 18.0 Å². The molecule has 0 aromatic heterocycles. The molecule has 0 radical (unpaired) electrons. The Balaban J connectivity index is 2.94. The molecule has 0 saturated carbocycles. The maximum Gasteiger partial charge on any atom is 0.230 e. The Morgan fingerprint density at radius 3 is 2.11 bits per heavy atom. The van der Waals surface area contributed by atoms with Crippen LogP contribution in [0.5, 0.6) is 0 Å². The van der Waals surface area contributed by atoms with Crippen LogP contribution in [0.2, 0.25) is 0 Å². The minimum absolute atomic E-state index is 0.0912. The van der Waals surface area contributed by atoms with Gasteiger partial charge in [-0.3, -0.25) is 4.79 Å². The third kappa shape index (κ3) is 3.07. The molecule has 0 aliphatic carbocycles. The number of benzene rings is 1. The van der Waals surface area contributed by atoms with Crippen molar-refractivity contribution >= 4 is 23.1 Å². The molecular weight excluding hydrogens is 244 g/mol. The lowest BCUT2D eigenvalue weighted by atomic mass is 9.83. The molecule has 0 fully saturated rings. The van der Waals surface area contributed by atoms with Crippen LogP contribution in [-0.2, 0) is 10.2 Å². The number of amides is 1.